The van der Waals surface area contributed by atoms with Crippen molar-refractivity contribution in [3.05, 3.63) is 206 Å². The Hall–Kier alpha value is -7.82. The smallest absolute Gasteiger partial charge is 0.0972 e. The van der Waals surface area contributed by atoms with Gasteiger partial charge < -0.3 is 0 Å². The lowest BCUT2D eigenvalue weighted by molar-refractivity contribution is 1.36. The molecule has 0 spiro atoms. The largest absolute Gasteiger partial charge is 0.245 e. The number of rotatable bonds is 6. The first-order valence-corrected chi connectivity index (χ1v) is 19.5. The topological polar surface area (TPSA) is 51.6 Å². The Morgan fingerprint density at radius 3 is 0.741 bits per heavy atom. The Balaban J connectivity index is 0.899. The molecule has 0 fully saturated rings. The molecule has 0 radical (unpaired) electrons. The van der Waals surface area contributed by atoms with E-state index in [2.05, 4.69) is 170 Å². The fourth-order valence-corrected chi connectivity index (χ4v) is 8.02. The van der Waals surface area contributed by atoms with Crippen LogP contribution in [-0.4, -0.2) is 19.9 Å². The van der Waals surface area contributed by atoms with Gasteiger partial charge in [-0.15, -0.1) is 0 Å². The highest BCUT2D eigenvalue weighted by Crippen LogP contribution is 2.36. The van der Waals surface area contributed by atoms with Crippen LogP contribution in [0.15, 0.2) is 206 Å². The molecule has 58 heavy (non-hydrogen) atoms. The van der Waals surface area contributed by atoms with E-state index in [1.54, 1.807) is 0 Å². The van der Waals surface area contributed by atoms with E-state index in [1.165, 1.54) is 11.1 Å². The average Bonchev–Trinajstić information content (AvgIpc) is 3.31. The van der Waals surface area contributed by atoms with Crippen LogP contribution in [0.4, 0.5) is 0 Å². The van der Waals surface area contributed by atoms with Gasteiger partial charge in [0.1, 0.15) is 0 Å². The molecule has 0 saturated heterocycles. The quantitative estimate of drug-likeness (QED) is 0.159. The Morgan fingerprint density at radius 2 is 0.431 bits per heavy atom. The molecule has 4 nitrogen and oxygen atoms in total. The van der Waals surface area contributed by atoms with Crippen molar-refractivity contribution in [2.75, 3.05) is 0 Å². The van der Waals surface area contributed by atoms with E-state index in [9.17, 15) is 0 Å². The third-order valence-corrected chi connectivity index (χ3v) is 11.1. The number of aromatic nitrogens is 4. The molecule has 0 aliphatic carbocycles. The SMILES string of the molecule is c1ccc(-c2ccc3ccc4ccc(-c5ccc(-c6ccccc6-c6ccc(-c7ccc8ccc9ccc(-c%10ccccc%10)nc9c8n7)cc6)cc5)nc4c3n2)cc1. The van der Waals surface area contributed by atoms with Crippen LogP contribution in [0.1, 0.15) is 0 Å². The highest BCUT2D eigenvalue weighted by Gasteiger charge is 2.13. The lowest BCUT2D eigenvalue weighted by Gasteiger charge is -2.12. The van der Waals surface area contributed by atoms with Crippen molar-refractivity contribution in [2.45, 2.75) is 0 Å². The molecule has 11 rings (SSSR count). The zero-order valence-corrected chi connectivity index (χ0v) is 31.4. The van der Waals surface area contributed by atoms with Gasteiger partial charge in [0.05, 0.1) is 44.8 Å². The summed E-state index contributed by atoms with van der Waals surface area (Å²) in [4.78, 5) is 20.6. The average molecular weight is 739 g/mol. The third kappa shape index (κ3) is 6.05. The van der Waals surface area contributed by atoms with Gasteiger partial charge in [-0.25, -0.2) is 19.9 Å². The van der Waals surface area contributed by atoms with Gasteiger partial charge in [0.25, 0.3) is 0 Å². The molecular formula is C54H34N4. The summed E-state index contributed by atoms with van der Waals surface area (Å²) in [6.07, 6.45) is 0. The first-order valence-electron chi connectivity index (χ1n) is 19.5. The molecular weight excluding hydrogens is 705 g/mol. The summed E-state index contributed by atoms with van der Waals surface area (Å²) in [7, 11) is 0. The van der Waals surface area contributed by atoms with E-state index in [-0.39, 0.29) is 0 Å². The molecule has 0 aliphatic heterocycles. The van der Waals surface area contributed by atoms with Gasteiger partial charge in [0, 0.05) is 43.8 Å². The number of hydrogen-bond acceptors (Lipinski definition) is 4. The minimum atomic E-state index is 0.909. The first-order chi connectivity index (χ1) is 28.7. The minimum Gasteiger partial charge on any atom is -0.245 e. The highest BCUT2D eigenvalue weighted by atomic mass is 14.8. The molecule has 4 heteroatoms. The van der Waals surface area contributed by atoms with Gasteiger partial charge in [0.15, 0.2) is 0 Å². The summed E-state index contributed by atoms with van der Waals surface area (Å²) >= 11 is 0. The molecule has 270 valence electrons. The minimum absolute atomic E-state index is 0.909. The monoisotopic (exact) mass is 738 g/mol. The van der Waals surface area contributed by atoms with Crippen LogP contribution in [0.25, 0.3) is 111 Å². The predicted molar refractivity (Wildman–Crippen MR) is 240 cm³/mol. The lowest BCUT2D eigenvalue weighted by Crippen LogP contribution is -1.91. The fraction of sp³-hybridized carbons (Fsp3) is 0. The maximum Gasteiger partial charge on any atom is 0.0972 e. The molecule has 0 N–H and O–H groups in total. The zero-order valence-electron chi connectivity index (χ0n) is 31.4. The van der Waals surface area contributed by atoms with Crippen molar-refractivity contribution < 1.29 is 0 Å². The predicted octanol–water partition coefficient (Wildman–Crippen LogP) is 13.9. The summed E-state index contributed by atoms with van der Waals surface area (Å²) in [5.41, 5.74) is 16.3. The maximum absolute atomic E-state index is 5.19. The van der Waals surface area contributed by atoms with Gasteiger partial charge in [-0.1, -0.05) is 182 Å². The molecule has 4 aromatic heterocycles. The molecule has 0 saturated carbocycles. The van der Waals surface area contributed by atoms with Crippen LogP contribution in [-0.2, 0) is 0 Å². The second kappa shape index (κ2) is 14.0. The second-order valence-corrected chi connectivity index (χ2v) is 14.6. The Labute approximate surface area is 335 Å². The molecule has 4 heterocycles. The van der Waals surface area contributed by atoms with Crippen LogP contribution in [0, 0.1) is 0 Å². The van der Waals surface area contributed by atoms with Gasteiger partial charge in [0.2, 0.25) is 0 Å². The van der Waals surface area contributed by atoms with Crippen molar-refractivity contribution in [2.24, 2.45) is 0 Å². The fourth-order valence-electron chi connectivity index (χ4n) is 8.02. The molecule has 0 bridgehead atoms. The Morgan fingerprint density at radius 1 is 0.190 bits per heavy atom. The summed E-state index contributed by atoms with van der Waals surface area (Å²) in [6, 6.07) is 72.2. The van der Waals surface area contributed by atoms with Gasteiger partial charge in [-0.3, -0.25) is 0 Å². The van der Waals surface area contributed by atoms with Crippen LogP contribution >= 0.6 is 0 Å². The number of benzene rings is 7. The molecule has 0 unspecified atom stereocenters. The van der Waals surface area contributed by atoms with E-state index in [0.29, 0.717) is 0 Å². The van der Waals surface area contributed by atoms with E-state index >= 15 is 0 Å². The van der Waals surface area contributed by atoms with Crippen molar-refractivity contribution in [3.8, 4) is 67.3 Å². The Bertz CT molecular complexity index is 3080. The normalized spacial score (nSPS) is 11.4. The second-order valence-electron chi connectivity index (χ2n) is 14.6. The number of fused-ring (bicyclic) bond motifs is 6. The van der Waals surface area contributed by atoms with Gasteiger partial charge >= 0.3 is 0 Å². The number of pyridine rings is 4. The maximum atomic E-state index is 5.19. The van der Waals surface area contributed by atoms with Crippen molar-refractivity contribution >= 4 is 43.6 Å². The van der Waals surface area contributed by atoms with Crippen LogP contribution < -0.4 is 0 Å². The molecule has 0 aliphatic rings. The molecule has 11 aromatic rings. The van der Waals surface area contributed by atoms with Crippen molar-refractivity contribution in [1.82, 2.24) is 19.9 Å². The standard InChI is InChI=1S/C54H34N4/c1-3-9-37(10-4-1)47-31-27-41-23-25-43-29-33-49(57-53(43)51(41)55-47)39-19-15-35(16-20-39)45-13-7-8-14-46(45)36-17-21-40(22-18-36)50-34-30-44-26-24-42-28-32-48(38-11-5-2-6-12-38)56-52(42)54(44)58-50/h1-34H. The molecule has 0 amide bonds. The third-order valence-electron chi connectivity index (χ3n) is 11.1. The van der Waals surface area contributed by atoms with Crippen molar-refractivity contribution in [1.29, 1.82) is 0 Å². The highest BCUT2D eigenvalue weighted by molar-refractivity contribution is 6.05. The van der Waals surface area contributed by atoms with E-state index in [4.69, 9.17) is 19.9 Å². The van der Waals surface area contributed by atoms with Crippen LogP contribution in [0.5, 0.6) is 0 Å². The van der Waals surface area contributed by atoms with Gasteiger partial charge in [-0.05, 0) is 46.5 Å². The van der Waals surface area contributed by atoms with Crippen LogP contribution in [0.2, 0.25) is 0 Å². The van der Waals surface area contributed by atoms with E-state index < -0.39 is 0 Å². The number of nitrogens with zero attached hydrogens (tertiary/aromatic N) is 4. The first kappa shape index (κ1) is 33.5. The summed E-state index contributed by atoms with van der Waals surface area (Å²) in [6.45, 7) is 0. The zero-order chi connectivity index (χ0) is 38.4. The van der Waals surface area contributed by atoms with Crippen LogP contribution in [0.3, 0.4) is 0 Å². The summed E-state index contributed by atoms with van der Waals surface area (Å²) in [5.74, 6) is 0. The van der Waals surface area contributed by atoms with E-state index in [1.807, 2.05) is 36.4 Å². The van der Waals surface area contributed by atoms with Crippen molar-refractivity contribution in [3.63, 3.8) is 0 Å². The molecule has 0 atom stereocenters. The van der Waals surface area contributed by atoms with E-state index in [0.717, 1.165) is 99.8 Å². The number of hydrogen-bond donors (Lipinski definition) is 0. The van der Waals surface area contributed by atoms with Gasteiger partial charge in [-0.2, -0.15) is 0 Å². The lowest BCUT2D eigenvalue weighted by atomic mass is 9.93. The summed E-state index contributed by atoms with van der Waals surface area (Å²) in [5, 5.41) is 4.30. The Kier molecular flexibility index (Phi) is 8.11. The summed E-state index contributed by atoms with van der Waals surface area (Å²) < 4.78 is 0. The molecule has 7 aromatic carbocycles.